The second-order valence-corrected chi connectivity index (χ2v) is 6.10. The lowest BCUT2D eigenvalue weighted by molar-refractivity contribution is -0.122. The first-order chi connectivity index (χ1) is 10.2. The Morgan fingerprint density at radius 2 is 2.43 bits per heavy atom. The van der Waals surface area contributed by atoms with Crippen LogP contribution >= 0.6 is 0 Å². The van der Waals surface area contributed by atoms with Crippen LogP contribution in [-0.4, -0.2) is 63.3 Å². The van der Waals surface area contributed by atoms with Crippen molar-refractivity contribution in [1.82, 2.24) is 15.5 Å². The van der Waals surface area contributed by atoms with Crippen LogP contribution in [0, 0.1) is 0 Å². The summed E-state index contributed by atoms with van der Waals surface area (Å²) in [6.07, 6.45) is 8.59. The first kappa shape index (κ1) is 16.5. The Labute approximate surface area is 128 Å². The Hall–Kier alpha value is -0.910. The molecule has 0 saturated carbocycles. The van der Waals surface area contributed by atoms with Crippen molar-refractivity contribution < 1.29 is 9.53 Å². The van der Waals surface area contributed by atoms with E-state index in [0.29, 0.717) is 6.54 Å². The number of carbonyl (C=O) groups excluding carboxylic acids is 1. The van der Waals surface area contributed by atoms with Gasteiger partial charge in [0, 0.05) is 26.2 Å². The molecule has 0 spiro atoms. The van der Waals surface area contributed by atoms with E-state index >= 15 is 0 Å². The van der Waals surface area contributed by atoms with Gasteiger partial charge in [-0.25, -0.2) is 0 Å². The summed E-state index contributed by atoms with van der Waals surface area (Å²) >= 11 is 0. The molecule has 1 amide bonds. The van der Waals surface area contributed by atoms with Gasteiger partial charge < -0.3 is 15.4 Å². The molecule has 1 atom stereocenters. The number of morpholine rings is 1. The number of rotatable bonds is 7. The number of nitrogens with one attached hydrogen (secondary N) is 2. The zero-order valence-electron chi connectivity index (χ0n) is 13.2. The van der Waals surface area contributed by atoms with Crippen molar-refractivity contribution in [3.63, 3.8) is 0 Å². The summed E-state index contributed by atoms with van der Waals surface area (Å²) < 4.78 is 5.65. The molecule has 5 nitrogen and oxygen atoms in total. The van der Waals surface area contributed by atoms with Gasteiger partial charge in [0.2, 0.25) is 5.91 Å². The standard InChI is InChI=1S/C16H29N3O2/c1-19(12-15-11-17-9-10-21-15)13-16(20)18-8-7-14-5-3-2-4-6-14/h5,15,17H,2-4,6-13H2,1H3,(H,18,20). The summed E-state index contributed by atoms with van der Waals surface area (Å²) in [5.74, 6) is 0.109. The Morgan fingerprint density at radius 1 is 1.52 bits per heavy atom. The van der Waals surface area contributed by atoms with Crippen LogP contribution in [0.2, 0.25) is 0 Å². The van der Waals surface area contributed by atoms with Crippen LogP contribution < -0.4 is 10.6 Å². The molecule has 2 aliphatic rings. The molecule has 1 unspecified atom stereocenters. The molecule has 0 aromatic rings. The monoisotopic (exact) mass is 295 g/mol. The third kappa shape index (κ3) is 6.59. The van der Waals surface area contributed by atoms with Crippen LogP contribution in [-0.2, 0) is 9.53 Å². The SMILES string of the molecule is CN(CC(=O)NCCC1=CCCCC1)CC1CNCCO1. The smallest absolute Gasteiger partial charge is 0.234 e. The minimum absolute atomic E-state index is 0.109. The second-order valence-electron chi connectivity index (χ2n) is 6.10. The molecule has 0 aromatic heterocycles. The van der Waals surface area contributed by atoms with E-state index in [1.54, 1.807) is 0 Å². The Bertz CT molecular complexity index is 351. The van der Waals surface area contributed by atoms with E-state index in [1.165, 1.54) is 31.3 Å². The van der Waals surface area contributed by atoms with E-state index in [1.807, 2.05) is 11.9 Å². The number of ether oxygens (including phenoxy) is 1. The lowest BCUT2D eigenvalue weighted by atomic mass is 9.97. The molecule has 1 fully saturated rings. The van der Waals surface area contributed by atoms with Gasteiger partial charge in [0.25, 0.3) is 0 Å². The van der Waals surface area contributed by atoms with Gasteiger partial charge in [0.05, 0.1) is 19.3 Å². The highest BCUT2D eigenvalue weighted by atomic mass is 16.5. The summed E-state index contributed by atoms with van der Waals surface area (Å²) in [6.45, 7) is 4.57. The van der Waals surface area contributed by atoms with Crippen LogP contribution in [0.5, 0.6) is 0 Å². The van der Waals surface area contributed by atoms with Crippen molar-refractivity contribution >= 4 is 5.91 Å². The maximum absolute atomic E-state index is 11.9. The maximum atomic E-state index is 11.9. The molecule has 2 N–H and O–H groups in total. The molecule has 0 bridgehead atoms. The van der Waals surface area contributed by atoms with E-state index in [4.69, 9.17) is 4.74 Å². The normalized spacial score (nSPS) is 23.0. The lowest BCUT2D eigenvalue weighted by Crippen LogP contribution is -2.46. The molecule has 21 heavy (non-hydrogen) atoms. The number of hydrogen-bond donors (Lipinski definition) is 2. The number of allylic oxidation sites excluding steroid dienone is 1. The fourth-order valence-electron chi connectivity index (χ4n) is 2.94. The molecule has 1 saturated heterocycles. The molecule has 1 heterocycles. The van der Waals surface area contributed by atoms with E-state index in [9.17, 15) is 4.79 Å². The Morgan fingerprint density at radius 3 is 3.14 bits per heavy atom. The largest absolute Gasteiger partial charge is 0.374 e. The Balaban J connectivity index is 1.56. The molecule has 120 valence electrons. The minimum Gasteiger partial charge on any atom is -0.374 e. The fraction of sp³-hybridized carbons (Fsp3) is 0.812. The zero-order valence-corrected chi connectivity index (χ0v) is 13.2. The van der Waals surface area contributed by atoms with Crippen molar-refractivity contribution in [1.29, 1.82) is 0 Å². The van der Waals surface area contributed by atoms with Crippen molar-refractivity contribution in [2.45, 2.75) is 38.2 Å². The molecule has 1 aliphatic carbocycles. The number of hydrogen-bond acceptors (Lipinski definition) is 4. The van der Waals surface area contributed by atoms with Crippen molar-refractivity contribution in [3.8, 4) is 0 Å². The average Bonchev–Trinajstić information content (AvgIpc) is 2.49. The topological polar surface area (TPSA) is 53.6 Å². The summed E-state index contributed by atoms with van der Waals surface area (Å²) in [6, 6.07) is 0. The number of nitrogens with zero attached hydrogens (tertiary/aromatic N) is 1. The van der Waals surface area contributed by atoms with Crippen LogP contribution in [0.25, 0.3) is 0 Å². The van der Waals surface area contributed by atoms with Gasteiger partial charge in [-0.1, -0.05) is 11.6 Å². The fourth-order valence-corrected chi connectivity index (χ4v) is 2.94. The molecule has 2 rings (SSSR count). The van der Waals surface area contributed by atoms with E-state index in [-0.39, 0.29) is 12.0 Å². The van der Waals surface area contributed by atoms with Gasteiger partial charge in [0.15, 0.2) is 0 Å². The van der Waals surface area contributed by atoms with Crippen LogP contribution in [0.3, 0.4) is 0 Å². The lowest BCUT2D eigenvalue weighted by Gasteiger charge is -2.27. The average molecular weight is 295 g/mol. The van der Waals surface area contributed by atoms with Gasteiger partial charge in [-0.3, -0.25) is 9.69 Å². The van der Waals surface area contributed by atoms with Gasteiger partial charge in [-0.05, 0) is 39.2 Å². The quantitative estimate of drug-likeness (QED) is 0.686. The maximum Gasteiger partial charge on any atom is 0.234 e. The summed E-state index contributed by atoms with van der Waals surface area (Å²) in [5.41, 5.74) is 1.51. The van der Waals surface area contributed by atoms with E-state index in [0.717, 1.165) is 39.2 Å². The first-order valence-electron chi connectivity index (χ1n) is 8.19. The minimum atomic E-state index is 0.109. The molecule has 5 heteroatoms. The highest BCUT2D eigenvalue weighted by molar-refractivity contribution is 5.77. The highest BCUT2D eigenvalue weighted by Crippen LogP contribution is 2.19. The molecule has 1 aliphatic heterocycles. The third-order valence-electron chi connectivity index (χ3n) is 4.09. The van der Waals surface area contributed by atoms with Crippen LogP contribution in [0.4, 0.5) is 0 Å². The summed E-state index contributed by atoms with van der Waals surface area (Å²) in [7, 11) is 1.97. The number of carbonyl (C=O) groups is 1. The summed E-state index contributed by atoms with van der Waals surface area (Å²) in [4.78, 5) is 13.9. The van der Waals surface area contributed by atoms with Crippen molar-refractivity contribution in [2.75, 3.05) is 46.4 Å². The predicted molar refractivity (Wildman–Crippen MR) is 84.3 cm³/mol. The van der Waals surface area contributed by atoms with Crippen LogP contribution in [0.1, 0.15) is 32.1 Å². The number of likely N-dealkylation sites (N-methyl/N-ethyl adjacent to an activating group) is 1. The van der Waals surface area contributed by atoms with Gasteiger partial charge in [0.1, 0.15) is 0 Å². The Kier molecular flexibility index (Phi) is 7.19. The third-order valence-corrected chi connectivity index (χ3v) is 4.09. The zero-order chi connectivity index (χ0) is 14.9. The molecular weight excluding hydrogens is 266 g/mol. The van der Waals surface area contributed by atoms with Gasteiger partial charge >= 0.3 is 0 Å². The van der Waals surface area contributed by atoms with E-state index in [2.05, 4.69) is 16.7 Å². The van der Waals surface area contributed by atoms with Crippen LogP contribution in [0.15, 0.2) is 11.6 Å². The first-order valence-corrected chi connectivity index (χ1v) is 8.19. The summed E-state index contributed by atoms with van der Waals surface area (Å²) in [5, 5.41) is 6.33. The second kappa shape index (κ2) is 9.18. The van der Waals surface area contributed by atoms with Crippen molar-refractivity contribution in [2.24, 2.45) is 0 Å². The van der Waals surface area contributed by atoms with Gasteiger partial charge in [-0.2, -0.15) is 0 Å². The van der Waals surface area contributed by atoms with E-state index < -0.39 is 0 Å². The highest BCUT2D eigenvalue weighted by Gasteiger charge is 2.16. The van der Waals surface area contributed by atoms with Gasteiger partial charge in [-0.15, -0.1) is 0 Å². The molecule has 0 aromatic carbocycles. The number of amides is 1. The van der Waals surface area contributed by atoms with Crippen molar-refractivity contribution in [3.05, 3.63) is 11.6 Å². The molecular formula is C16H29N3O2. The predicted octanol–water partition coefficient (Wildman–Crippen LogP) is 0.913. The molecule has 0 radical (unpaired) electrons.